The highest BCUT2D eigenvalue weighted by Gasteiger charge is 2.17. The Labute approximate surface area is 89.6 Å². The predicted molar refractivity (Wildman–Crippen MR) is 59.1 cm³/mol. The number of hydrogen-bond donors (Lipinski definition) is 0. The summed E-state index contributed by atoms with van der Waals surface area (Å²) in [6.45, 7) is 0. The predicted octanol–water partition coefficient (Wildman–Crippen LogP) is 2.70. The molecule has 2 heteroatoms. The lowest BCUT2D eigenvalue weighted by molar-refractivity contribution is -0.115. The molecule has 0 N–H and O–H groups in total. The van der Waals surface area contributed by atoms with E-state index in [4.69, 9.17) is 4.74 Å². The first-order chi connectivity index (χ1) is 7.29. The molecule has 2 nitrogen and oxygen atoms in total. The van der Waals surface area contributed by atoms with E-state index in [1.165, 1.54) is 5.56 Å². The minimum Gasteiger partial charge on any atom is -0.497 e. The summed E-state index contributed by atoms with van der Waals surface area (Å²) in [6.07, 6.45) is 5.19. The number of methoxy groups -OCH3 is 1. The number of ether oxygens (including phenoxy) is 1. The monoisotopic (exact) mass is 202 g/mol. The van der Waals surface area contributed by atoms with Crippen molar-refractivity contribution in [1.82, 2.24) is 0 Å². The first-order valence-electron chi connectivity index (χ1n) is 5.13. The van der Waals surface area contributed by atoms with E-state index in [1.54, 1.807) is 13.2 Å². The number of ketones is 1. The van der Waals surface area contributed by atoms with E-state index >= 15 is 0 Å². The van der Waals surface area contributed by atoms with Crippen LogP contribution in [0.15, 0.2) is 36.4 Å². The Bertz CT molecular complexity index is 393. The van der Waals surface area contributed by atoms with Crippen molar-refractivity contribution in [2.75, 3.05) is 7.11 Å². The van der Waals surface area contributed by atoms with Gasteiger partial charge in [-0.1, -0.05) is 18.2 Å². The van der Waals surface area contributed by atoms with Gasteiger partial charge in [-0.15, -0.1) is 0 Å². The average Bonchev–Trinajstić information content (AvgIpc) is 2.29. The van der Waals surface area contributed by atoms with Gasteiger partial charge in [0.2, 0.25) is 0 Å². The number of rotatable bonds is 2. The van der Waals surface area contributed by atoms with Gasteiger partial charge in [0.15, 0.2) is 5.78 Å². The van der Waals surface area contributed by atoms with Crippen molar-refractivity contribution in [3.63, 3.8) is 0 Å². The van der Waals surface area contributed by atoms with Crippen LogP contribution in [0.2, 0.25) is 0 Å². The second-order valence-corrected chi connectivity index (χ2v) is 3.78. The van der Waals surface area contributed by atoms with Crippen molar-refractivity contribution >= 4 is 5.78 Å². The molecule has 78 valence electrons. The molecular weight excluding hydrogens is 188 g/mol. The normalized spacial score (nSPS) is 20.3. The highest BCUT2D eigenvalue weighted by atomic mass is 16.5. The maximum atomic E-state index is 11.3. The summed E-state index contributed by atoms with van der Waals surface area (Å²) in [5.41, 5.74) is 1.19. The van der Waals surface area contributed by atoms with Crippen LogP contribution in [0.3, 0.4) is 0 Å². The number of hydrogen-bond acceptors (Lipinski definition) is 2. The zero-order valence-corrected chi connectivity index (χ0v) is 8.77. The highest BCUT2D eigenvalue weighted by molar-refractivity contribution is 5.91. The van der Waals surface area contributed by atoms with Crippen LogP contribution in [0, 0.1) is 0 Å². The molecular formula is C13H14O2. The molecule has 2 rings (SSSR count). The van der Waals surface area contributed by atoms with E-state index in [-0.39, 0.29) is 5.78 Å². The standard InChI is InChI=1S/C13H14O2/c1-15-13-7-3-5-11(9-13)10-4-2-6-12(14)8-10/h2-3,5-7,9-10H,4,8H2,1H3/t10-/m0/s1. The van der Waals surface area contributed by atoms with E-state index in [9.17, 15) is 4.79 Å². The van der Waals surface area contributed by atoms with Crippen LogP contribution < -0.4 is 4.74 Å². The molecule has 1 atom stereocenters. The van der Waals surface area contributed by atoms with Gasteiger partial charge in [-0.05, 0) is 36.1 Å². The molecule has 0 amide bonds. The molecule has 1 aliphatic rings. The van der Waals surface area contributed by atoms with Crippen LogP contribution in [-0.2, 0) is 4.79 Å². The van der Waals surface area contributed by atoms with Crippen molar-refractivity contribution < 1.29 is 9.53 Å². The third-order valence-corrected chi connectivity index (χ3v) is 2.74. The van der Waals surface area contributed by atoms with Crippen LogP contribution in [0.25, 0.3) is 0 Å². The largest absolute Gasteiger partial charge is 0.497 e. The maximum Gasteiger partial charge on any atom is 0.155 e. The summed E-state index contributed by atoms with van der Waals surface area (Å²) in [6, 6.07) is 7.96. The van der Waals surface area contributed by atoms with Gasteiger partial charge in [-0.2, -0.15) is 0 Å². The molecule has 0 fully saturated rings. The second-order valence-electron chi connectivity index (χ2n) is 3.78. The molecule has 0 aliphatic heterocycles. The number of benzene rings is 1. The first-order valence-corrected chi connectivity index (χ1v) is 5.13. The Kier molecular flexibility index (Phi) is 2.86. The second kappa shape index (κ2) is 4.30. The maximum absolute atomic E-state index is 11.3. The van der Waals surface area contributed by atoms with E-state index in [0.29, 0.717) is 12.3 Å². The van der Waals surface area contributed by atoms with Gasteiger partial charge in [0, 0.05) is 6.42 Å². The van der Waals surface area contributed by atoms with Gasteiger partial charge in [0.05, 0.1) is 7.11 Å². The quantitative estimate of drug-likeness (QED) is 0.737. The summed E-state index contributed by atoms with van der Waals surface area (Å²) < 4.78 is 5.17. The minimum atomic E-state index is 0.217. The Morgan fingerprint density at radius 3 is 3.00 bits per heavy atom. The SMILES string of the molecule is COc1cccc([C@H]2CC=CC(=O)C2)c1. The summed E-state index contributed by atoms with van der Waals surface area (Å²) in [7, 11) is 1.66. The fraction of sp³-hybridized carbons (Fsp3) is 0.308. The lowest BCUT2D eigenvalue weighted by Crippen LogP contribution is -2.08. The van der Waals surface area contributed by atoms with Crippen LogP contribution >= 0.6 is 0 Å². The van der Waals surface area contributed by atoms with E-state index in [0.717, 1.165) is 12.2 Å². The van der Waals surface area contributed by atoms with Gasteiger partial charge >= 0.3 is 0 Å². The van der Waals surface area contributed by atoms with Crippen molar-refractivity contribution in [2.24, 2.45) is 0 Å². The summed E-state index contributed by atoms with van der Waals surface area (Å²) >= 11 is 0. The van der Waals surface area contributed by atoms with Gasteiger partial charge in [0.25, 0.3) is 0 Å². The van der Waals surface area contributed by atoms with Crippen LogP contribution in [0.1, 0.15) is 24.3 Å². The molecule has 0 heterocycles. The minimum absolute atomic E-state index is 0.217. The fourth-order valence-electron chi connectivity index (χ4n) is 1.91. The lowest BCUT2D eigenvalue weighted by Gasteiger charge is -2.17. The van der Waals surface area contributed by atoms with E-state index < -0.39 is 0 Å². The summed E-state index contributed by atoms with van der Waals surface area (Å²) in [5.74, 6) is 1.39. The Balaban J connectivity index is 2.22. The molecule has 1 aromatic rings. The summed E-state index contributed by atoms with van der Waals surface area (Å²) in [5, 5.41) is 0. The number of carbonyl (C=O) groups is 1. The number of carbonyl (C=O) groups excluding carboxylic acids is 1. The van der Waals surface area contributed by atoms with Crippen molar-refractivity contribution in [3.05, 3.63) is 42.0 Å². The van der Waals surface area contributed by atoms with E-state index in [1.807, 2.05) is 24.3 Å². The fourth-order valence-corrected chi connectivity index (χ4v) is 1.91. The third kappa shape index (κ3) is 2.27. The molecule has 0 unspecified atom stereocenters. The van der Waals surface area contributed by atoms with Gasteiger partial charge in [0.1, 0.15) is 5.75 Å². The zero-order valence-electron chi connectivity index (χ0n) is 8.77. The Morgan fingerprint density at radius 1 is 1.40 bits per heavy atom. The van der Waals surface area contributed by atoms with Crippen molar-refractivity contribution in [2.45, 2.75) is 18.8 Å². The first kappa shape index (κ1) is 9.97. The lowest BCUT2D eigenvalue weighted by atomic mass is 9.87. The Morgan fingerprint density at radius 2 is 2.27 bits per heavy atom. The third-order valence-electron chi connectivity index (χ3n) is 2.74. The molecule has 0 spiro atoms. The highest BCUT2D eigenvalue weighted by Crippen LogP contribution is 2.29. The molecule has 0 bridgehead atoms. The molecule has 0 saturated heterocycles. The van der Waals surface area contributed by atoms with Crippen LogP contribution in [0.5, 0.6) is 5.75 Å². The Hall–Kier alpha value is -1.57. The smallest absolute Gasteiger partial charge is 0.155 e. The van der Waals surface area contributed by atoms with E-state index in [2.05, 4.69) is 6.07 Å². The van der Waals surface area contributed by atoms with Crippen LogP contribution in [0.4, 0.5) is 0 Å². The summed E-state index contributed by atoms with van der Waals surface area (Å²) in [4.78, 5) is 11.3. The van der Waals surface area contributed by atoms with Crippen LogP contribution in [-0.4, -0.2) is 12.9 Å². The number of allylic oxidation sites excluding steroid dienone is 2. The molecule has 0 saturated carbocycles. The van der Waals surface area contributed by atoms with Crippen molar-refractivity contribution in [1.29, 1.82) is 0 Å². The van der Waals surface area contributed by atoms with Crippen molar-refractivity contribution in [3.8, 4) is 5.75 Å². The topological polar surface area (TPSA) is 26.3 Å². The molecule has 0 aromatic heterocycles. The molecule has 0 radical (unpaired) electrons. The average molecular weight is 202 g/mol. The molecule has 1 aliphatic carbocycles. The molecule has 1 aromatic carbocycles. The van der Waals surface area contributed by atoms with Gasteiger partial charge in [-0.25, -0.2) is 0 Å². The zero-order chi connectivity index (χ0) is 10.7. The molecule has 15 heavy (non-hydrogen) atoms. The van der Waals surface area contributed by atoms with Gasteiger partial charge in [-0.3, -0.25) is 4.79 Å². The van der Waals surface area contributed by atoms with Gasteiger partial charge < -0.3 is 4.74 Å².